The van der Waals surface area contributed by atoms with Crippen LogP contribution in [-0.2, 0) is 11.3 Å². The molecule has 0 radical (unpaired) electrons. The lowest BCUT2D eigenvalue weighted by atomic mass is 10.2. The van der Waals surface area contributed by atoms with Gasteiger partial charge in [0.05, 0.1) is 11.6 Å². The van der Waals surface area contributed by atoms with E-state index in [1.54, 1.807) is 0 Å². The average Bonchev–Trinajstić information content (AvgIpc) is 2.17. The summed E-state index contributed by atoms with van der Waals surface area (Å²) in [6.45, 7) is 1.25. The van der Waals surface area contributed by atoms with Gasteiger partial charge in [-0.1, -0.05) is 36.0 Å². The Morgan fingerprint density at radius 2 is 2.27 bits per heavy atom. The summed E-state index contributed by atoms with van der Waals surface area (Å²) >= 11 is 10.6. The fourth-order valence-corrected chi connectivity index (χ4v) is 1.52. The van der Waals surface area contributed by atoms with Gasteiger partial charge in [-0.2, -0.15) is 0 Å². The molecule has 82 valence electrons. The van der Waals surface area contributed by atoms with Crippen LogP contribution in [0.4, 0.5) is 0 Å². The van der Waals surface area contributed by atoms with E-state index in [0.717, 1.165) is 23.4 Å². The van der Waals surface area contributed by atoms with Crippen molar-refractivity contribution in [2.75, 3.05) is 6.61 Å². The minimum Gasteiger partial charge on any atom is -0.393 e. The maximum atomic E-state index is 5.84. The van der Waals surface area contributed by atoms with Crippen molar-refractivity contribution in [1.82, 2.24) is 0 Å². The zero-order valence-corrected chi connectivity index (χ0v) is 9.98. The normalized spacial score (nSPS) is 10.2. The van der Waals surface area contributed by atoms with Gasteiger partial charge >= 0.3 is 0 Å². The minimum absolute atomic E-state index is 0.543. The lowest BCUT2D eigenvalue weighted by molar-refractivity contribution is 0.120. The first-order valence-electron chi connectivity index (χ1n) is 4.79. The summed E-state index contributed by atoms with van der Waals surface area (Å²) in [4.78, 5) is 0.543. The second-order valence-electron chi connectivity index (χ2n) is 3.25. The third-order valence-corrected chi connectivity index (χ3v) is 2.31. The van der Waals surface area contributed by atoms with E-state index in [1.807, 2.05) is 24.3 Å². The molecule has 2 N–H and O–H groups in total. The molecule has 1 rings (SSSR count). The molecule has 0 saturated carbocycles. The van der Waals surface area contributed by atoms with Gasteiger partial charge in [-0.15, -0.1) is 0 Å². The van der Waals surface area contributed by atoms with Gasteiger partial charge in [-0.25, -0.2) is 0 Å². The summed E-state index contributed by atoms with van der Waals surface area (Å²) < 4.78 is 5.45. The molecule has 4 heteroatoms. The Morgan fingerprint density at radius 1 is 1.47 bits per heavy atom. The van der Waals surface area contributed by atoms with Crippen molar-refractivity contribution < 1.29 is 4.74 Å². The fraction of sp³-hybridized carbons (Fsp3) is 0.364. The summed E-state index contributed by atoms with van der Waals surface area (Å²) in [5.74, 6) is 0. The Labute approximate surface area is 100 Å². The van der Waals surface area contributed by atoms with Crippen LogP contribution in [0.25, 0.3) is 0 Å². The van der Waals surface area contributed by atoms with Gasteiger partial charge in [0, 0.05) is 11.6 Å². The van der Waals surface area contributed by atoms with E-state index < -0.39 is 0 Å². The van der Waals surface area contributed by atoms with E-state index >= 15 is 0 Å². The van der Waals surface area contributed by atoms with Gasteiger partial charge in [-0.05, 0) is 30.5 Å². The zero-order valence-electron chi connectivity index (χ0n) is 8.41. The van der Waals surface area contributed by atoms with Crippen LogP contribution in [0.2, 0.25) is 5.02 Å². The highest BCUT2D eigenvalue weighted by Crippen LogP contribution is 2.11. The minimum atomic E-state index is 0.543. The Balaban J connectivity index is 2.17. The third kappa shape index (κ3) is 5.72. The molecule has 0 aliphatic heterocycles. The highest BCUT2D eigenvalue weighted by molar-refractivity contribution is 7.80. The first kappa shape index (κ1) is 12.4. The summed E-state index contributed by atoms with van der Waals surface area (Å²) in [5, 5.41) is 0.735. The van der Waals surface area contributed by atoms with E-state index in [2.05, 4.69) is 0 Å². The second kappa shape index (κ2) is 6.77. The third-order valence-electron chi connectivity index (χ3n) is 1.87. The Bertz CT molecular complexity index is 330. The molecule has 0 fully saturated rings. The van der Waals surface area contributed by atoms with Crippen molar-refractivity contribution in [1.29, 1.82) is 0 Å². The summed E-state index contributed by atoms with van der Waals surface area (Å²) in [6, 6.07) is 7.64. The van der Waals surface area contributed by atoms with Gasteiger partial charge in [0.1, 0.15) is 0 Å². The molecule has 0 heterocycles. The average molecular weight is 244 g/mol. The Hall–Kier alpha value is -0.640. The number of halogens is 1. The molecule has 0 unspecified atom stereocenters. The fourth-order valence-electron chi connectivity index (χ4n) is 1.17. The van der Waals surface area contributed by atoms with Crippen molar-refractivity contribution in [3.8, 4) is 0 Å². The van der Waals surface area contributed by atoms with E-state index in [-0.39, 0.29) is 0 Å². The number of thiocarbonyl (C=S) groups is 1. The lowest BCUT2D eigenvalue weighted by Gasteiger charge is -2.04. The van der Waals surface area contributed by atoms with Crippen LogP contribution in [0.15, 0.2) is 24.3 Å². The number of ether oxygens (including phenoxy) is 1. The van der Waals surface area contributed by atoms with Gasteiger partial charge in [-0.3, -0.25) is 0 Å². The molecule has 15 heavy (non-hydrogen) atoms. The van der Waals surface area contributed by atoms with Gasteiger partial charge < -0.3 is 10.5 Å². The van der Waals surface area contributed by atoms with E-state index in [9.17, 15) is 0 Å². The number of hydrogen-bond acceptors (Lipinski definition) is 2. The molecule has 0 saturated heterocycles. The van der Waals surface area contributed by atoms with Crippen molar-refractivity contribution in [3.63, 3.8) is 0 Å². The molecule has 0 aromatic heterocycles. The smallest absolute Gasteiger partial charge is 0.0728 e. The Morgan fingerprint density at radius 3 is 2.93 bits per heavy atom. The SMILES string of the molecule is NC(=S)CCCOCc1cccc(Cl)c1. The number of nitrogens with two attached hydrogens (primary N) is 1. The maximum Gasteiger partial charge on any atom is 0.0728 e. The molecule has 0 atom stereocenters. The number of benzene rings is 1. The first-order chi connectivity index (χ1) is 7.18. The predicted molar refractivity (Wildman–Crippen MR) is 67.1 cm³/mol. The zero-order chi connectivity index (χ0) is 11.1. The lowest BCUT2D eigenvalue weighted by Crippen LogP contribution is -2.08. The molecular weight excluding hydrogens is 230 g/mol. The van der Waals surface area contributed by atoms with Crippen LogP contribution >= 0.6 is 23.8 Å². The van der Waals surface area contributed by atoms with E-state index in [4.69, 9.17) is 34.3 Å². The second-order valence-corrected chi connectivity index (χ2v) is 4.21. The van der Waals surface area contributed by atoms with Crippen molar-refractivity contribution >= 4 is 28.8 Å². The molecule has 0 aliphatic carbocycles. The van der Waals surface area contributed by atoms with Crippen LogP contribution in [0.1, 0.15) is 18.4 Å². The molecule has 0 aliphatic rings. The predicted octanol–water partition coefficient (Wildman–Crippen LogP) is 2.92. The highest BCUT2D eigenvalue weighted by Gasteiger charge is 1.95. The van der Waals surface area contributed by atoms with Crippen LogP contribution in [0, 0.1) is 0 Å². The largest absolute Gasteiger partial charge is 0.393 e. The molecule has 1 aromatic rings. The van der Waals surface area contributed by atoms with Gasteiger partial charge in [0.25, 0.3) is 0 Å². The molecular formula is C11H14ClNOS. The van der Waals surface area contributed by atoms with Crippen LogP contribution in [-0.4, -0.2) is 11.6 Å². The van der Waals surface area contributed by atoms with Crippen LogP contribution in [0.3, 0.4) is 0 Å². The molecule has 0 spiro atoms. The van der Waals surface area contributed by atoms with Gasteiger partial charge in [0.2, 0.25) is 0 Å². The molecule has 2 nitrogen and oxygen atoms in total. The standard InChI is InChI=1S/C11H14ClNOS/c12-10-4-1-3-9(7-10)8-14-6-2-5-11(13)15/h1,3-4,7H,2,5-6,8H2,(H2,13,15). The van der Waals surface area contributed by atoms with Crippen molar-refractivity contribution in [2.45, 2.75) is 19.4 Å². The summed E-state index contributed by atoms with van der Waals surface area (Å²) in [5.41, 5.74) is 6.45. The monoisotopic (exact) mass is 243 g/mol. The first-order valence-corrected chi connectivity index (χ1v) is 5.57. The molecule has 0 bridgehead atoms. The molecule has 0 amide bonds. The quantitative estimate of drug-likeness (QED) is 0.616. The number of rotatable bonds is 6. The van der Waals surface area contributed by atoms with Crippen LogP contribution < -0.4 is 5.73 Å². The maximum absolute atomic E-state index is 5.84. The summed E-state index contributed by atoms with van der Waals surface area (Å²) in [7, 11) is 0. The van der Waals surface area contributed by atoms with Crippen molar-refractivity contribution in [3.05, 3.63) is 34.9 Å². The molecule has 1 aromatic carbocycles. The van der Waals surface area contributed by atoms with Crippen molar-refractivity contribution in [2.24, 2.45) is 5.73 Å². The van der Waals surface area contributed by atoms with Gasteiger partial charge in [0.15, 0.2) is 0 Å². The highest BCUT2D eigenvalue weighted by atomic mass is 35.5. The van der Waals surface area contributed by atoms with Crippen LogP contribution in [0.5, 0.6) is 0 Å². The van der Waals surface area contributed by atoms with E-state index in [0.29, 0.717) is 18.2 Å². The number of hydrogen-bond donors (Lipinski definition) is 1. The topological polar surface area (TPSA) is 35.2 Å². The van der Waals surface area contributed by atoms with E-state index in [1.165, 1.54) is 0 Å². The Kier molecular flexibility index (Phi) is 5.61. The summed E-state index contributed by atoms with van der Waals surface area (Å²) in [6.07, 6.45) is 1.61.